The lowest BCUT2D eigenvalue weighted by molar-refractivity contribution is -0.155. The van der Waals surface area contributed by atoms with E-state index in [0.717, 1.165) is 11.1 Å². The number of rotatable bonds is 2. The molecular weight excluding hydrogens is 293 g/mol. The molecular formula is C16H19ClFNO2. The molecule has 0 aromatic heterocycles. The lowest BCUT2D eigenvalue weighted by Gasteiger charge is -2.28. The lowest BCUT2D eigenvalue weighted by atomic mass is 9.95. The van der Waals surface area contributed by atoms with E-state index in [1.54, 1.807) is 12.1 Å². The molecule has 1 aliphatic rings. The first kappa shape index (κ1) is 16.0. The van der Waals surface area contributed by atoms with E-state index in [1.807, 2.05) is 26.8 Å². The first-order chi connectivity index (χ1) is 9.79. The van der Waals surface area contributed by atoms with E-state index in [9.17, 15) is 9.18 Å². The maximum atomic E-state index is 13.3. The van der Waals surface area contributed by atoms with Crippen molar-refractivity contribution in [3.63, 3.8) is 0 Å². The van der Waals surface area contributed by atoms with Crippen molar-refractivity contribution >= 4 is 23.1 Å². The highest BCUT2D eigenvalue weighted by molar-refractivity contribution is 6.30. The van der Waals surface area contributed by atoms with Gasteiger partial charge in [0, 0.05) is 13.1 Å². The van der Waals surface area contributed by atoms with Crippen molar-refractivity contribution in [3.8, 4) is 0 Å². The highest BCUT2D eigenvalue weighted by Gasteiger charge is 2.29. The predicted octanol–water partition coefficient (Wildman–Crippen LogP) is 3.42. The van der Waals surface area contributed by atoms with Crippen molar-refractivity contribution < 1.29 is 13.9 Å². The molecule has 1 heterocycles. The summed E-state index contributed by atoms with van der Waals surface area (Å²) in [6.07, 6.45) is 1.54. The molecule has 0 unspecified atom stereocenters. The zero-order valence-corrected chi connectivity index (χ0v) is 13.1. The average molecular weight is 312 g/mol. The van der Waals surface area contributed by atoms with Crippen molar-refractivity contribution in [2.24, 2.45) is 5.41 Å². The van der Waals surface area contributed by atoms with Crippen molar-refractivity contribution in [1.29, 1.82) is 0 Å². The molecule has 3 nitrogen and oxygen atoms in total. The molecule has 1 aromatic carbocycles. The van der Waals surface area contributed by atoms with Crippen LogP contribution in [0.1, 0.15) is 26.3 Å². The number of hydrogen-bond donors (Lipinski definition) is 1. The number of esters is 1. The molecule has 114 valence electrons. The quantitative estimate of drug-likeness (QED) is 0.851. The third-order valence-electron chi connectivity index (χ3n) is 3.26. The third-order valence-corrected chi connectivity index (χ3v) is 3.55. The Labute approximate surface area is 129 Å². The summed E-state index contributed by atoms with van der Waals surface area (Å²) in [7, 11) is 0. The molecule has 2 rings (SSSR count). The molecule has 1 aromatic rings. The smallest absolute Gasteiger partial charge is 0.311 e. The van der Waals surface area contributed by atoms with Crippen LogP contribution in [0.5, 0.6) is 0 Å². The van der Waals surface area contributed by atoms with Crippen LogP contribution in [0.4, 0.5) is 4.39 Å². The molecule has 1 aliphatic heterocycles. The fraction of sp³-hybridized carbons (Fsp3) is 0.438. The standard InChI is InChI=1S/C16H19ClFNO2/c1-16(2,3)15(20)21-14-9-19-7-6-11(14)10-4-5-13(18)12(17)8-10/h4-6,8,14,19H,7,9H2,1-3H3/t14-/m0/s1. The Morgan fingerprint density at radius 3 is 2.76 bits per heavy atom. The first-order valence-corrected chi connectivity index (χ1v) is 7.24. The molecule has 1 atom stereocenters. The van der Waals surface area contributed by atoms with Crippen LogP contribution in [0.2, 0.25) is 5.02 Å². The van der Waals surface area contributed by atoms with Crippen LogP contribution >= 0.6 is 11.6 Å². The molecule has 0 amide bonds. The predicted molar refractivity (Wildman–Crippen MR) is 81.6 cm³/mol. The molecule has 0 saturated heterocycles. The summed E-state index contributed by atoms with van der Waals surface area (Å²) in [5.41, 5.74) is 1.06. The summed E-state index contributed by atoms with van der Waals surface area (Å²) in [6.45, 7) is 6.63. The minimum Gasteiger partial charge on any atom is -0.456 e. The monoisotopic (exact) mass is 311 g/mol. The van der Waals surface area contributed by atoms with Gasteiger partial charge in [0.2, 0.25) is 0 Å². The maximum absolute atomic E-state index is 13.3. The normalized spacial score (nSPS) is 19.1. The van der Waals surface area contributed by atoms with Crippen molar-refractivity contribution in [1.82, 2.24) is 5.32 Å². The van der Waals surface area contributed by atoms with Crippen molar-refractivity contribution in [3.05, 3.63) is 40.7 Å². The first-order valence-electron chi connectivity index (χ1n) is 6.86. The van der Waals surface area contributed by atoms with Gasteiger partial charge in [0.05, 0.1) is 10.4 Å². The molecule has 1 N–H and O–H groups in total. The Balaban J connectivity index is 2.25. The number of carbonyl (C=O) groups is 1. The number of ether oxygens (including phenoxy) is 1. The maximum Gasteiger partial charge on any atom is 0.311 e. The fourth-order valence-electron chi connectivity index (χ4n) is 2.03. The van der Waals surface area contributed by atoms with Gasteiger partial charge in [0.1, 0.15) is 11.9 Å². The van der Waals surface area contributed by atoms with E-state index in [4.69, 9.17) is 16.3 Å². The topological polar surface area (TPSA) is 38.3 Å². The largest absolute Gasteiger partial charge is 0.456 e. The highest BCUT2D eigenvalue weighted by atomic mass is 35.5. The van der Waals surface area contributed by atoms with Gasteiger partial charge < -0.3 is 10.1 Å². The Morgan fingerprint density at radius 1 is 1.43 bits per heavy atom. The van der Waals surface area contributed by atoms with Crippen molar-refractivity contribution in [2.75, 3.05) is 13.1 Å². The van der Waals surface area contributed by atoms with E-state index in [0.29, 0.717) is 13.1 Å². The molecule has 0 radical (unpaired) electrons. The molecule has 5 heteroatoms. The number of hydrogen-bond acceptors (Lipinski definition) is 3. The molecule has 0 spiro atoms. The van der Waals surface area contributed by atoms with Gasteiger partial charge in [-0.2, -0.15) is 0 Å². The van der Waals surface area contributed by atoms with Gasteiger partial charge in [-0.1, -0.05) is 23.7 Å². The Bertz CT molecular complexity index is 578. The van der Waals surface area contributed by atoms with E-state index in [1.165, 1.54) is 6.07 Å². The molecule has 21 heavy (non-hydrogen) atoms. The second-order valence-electron chi connectivity index (χ2n) is 6.09. The lowest BCUT2D eigenvalue weighted by Crippen LogP contribution is -2.38. The van der Waals surface area contributed by atoms with Crippen LogP contribution in [0.25, 0.3) is 5.57 Å². The Morgan fingerprint density at radius 2 is 2.14 bits per heavy atom. The Kier molecular flexibility index (Phi) is 4.69. The summed E-state index contributed by atoms with van der Waals surface area (Å²) in [5.74, 6) is -0.728. The summed E-state index contributed by atoms with van der Waals surface area (Å²) >= 11 is 5.83. The number of halogens is 2. The van der Waals surface area contributed by atoms with Crippen molar-refractivity contribution in [2.45, 2.75) is 26.9 Å². The second kappa shape index (κ2) is 6.16. The van der Waals surface area contributed by atoms with Crippen LogP contribution in [-0.2, 0) is 9.53 Å². The van der Waals surface area contributed by atoms with E-state index in [2.05, 4.69) is 5.32 Å². The number of nitrogens with one attached hydrogen (secondary N) is 1. The molecule has 0 saturated carbocycles. The van der Waals surface area contributed by atoms with Crippen LogP contribution < -0.4 is 5.32 Å². The van der Waals surface area contributed by atoms with Crippen LogP contribution in [0.15, 0.2) is 24.3 Å². The fourth-order valence-corrected chi connectivity index (χ4v) is 2.21. The van der Waals surface area contributed by atoms with Gasteiger partial charge in [-0.15, -0.1) is 0 Å². The molecule has 0 fully saturated rings. The molecule has 0 bridgehead atoms. The van der Waals surface area contributed by atoms with Crippen LogP contribution in [0.3, 0.4) is 0 Å². The SMILES string of the molecule is CC(C)(C)C(=O)O[C@H]1CNCC=C1c1ccc(F)c(Cl)c1. The highest BCUT2D eigenvalue weighted by Crippen LogP contribution is 2.28. The van der Waals surface area contributed by atoms with Gasteiger partial charge in [-0.3, -0.25) is 4.79 Å². The van der Waals surface area contributed by atoms with E-state index >= 15 is 0 Å². The third kappa shape index (κ3) is 3.83. The molecule has 0 aliphatic carbocycles. The minimum absolute atomic E-state index is 0.0628. The zero-order chi connectivity index (χ0) is 15.6. The van der Waals surface area contributed by atoms with Gasteiger partial charge >= 0.3 is 5.97 Å². The Hall–Kier alpha value is -1.39. The van der Waals surface area contributed by atoms with Gasteiger partial charge in [0.25, 0.3) is 0 Å². The van der Waals surface area contributed by atoms with E-state index in [-0.39, 0.29) is 11.0 Å². The van der Waals surface area contributed by atoms with Crippen LogP contribution in [0, 0.1) is 11.2 Å². The number of carbonyl (C=O) groups excluding carboxylic acids is 1. The van der Waals surface area contributed by atoms with E-state index < -0.39 is 17.3 Å². The minimum atomic E-state index is -0.566. The second-order valence-corrected chi connectivity index (χ2v) is 6.50. The number of benzene rings is 1. The zero-order valence-electron chi connectivity index (χ0n) is 12.4. The average Bonchev–Trinajstić information content (AvgIpc) is 2.41. The summed E-state index contributed by atoms with van der Waals surface area (Å²) in [6, 6.07) is 4.53. The van der Waals surface area contributed by atoms with Gasteiger partial charge in [-0.25, -0.2) is 4.39 Å². The van der Waals surface area contributed by atoms with Gasteiger partial charge in [-0.05, 0) is 44.0 Å². The summed E-state index contributed by atoms with van der Waals surface area (Å²) < 4.78 is 18.9. The summed E-state index contributed by atoms with van der Waals surface area (Å²) in [5, 5.41) is 3.22. The summed E-state index contributed by atoms with van der Waals surface area (Å²) in [4.78, 5) is 12.1. The van der Waals surface area contributed by atoms with Gasteiger partial charge in [0.15, 0.2) is 0 Å². The van der Waals surface area contributed by atoms with Crippen LogP contribution in [-0.4, -0.2) is 25.2 Å².